The second kappa shape index (κ2) is 6.91. The summed E-state index contributed by atoms with van der Waals surface area (Å²) in [5.41, 5.74) is 9.55. The van der Waals surface area contributed by atoms with Crippen molar-refractivity contribution in [2.24, 2.45) is 0 Å². The third-order valence-corrected chi connectivity index (χ3v) is 4.66. The Bertz CT molecular complexity index is 876. The van der Waals surface area contributed by atoms with Crippen LogP contribution in [0.25, 0.3) is 22.3 Å². The highest BCUT2D eigenvalue weighted by atomic mass is 28.3. The molecule has 0 bridgehead atoms. The van der Waals surface area contributed by atoms with Crippen LogP contribution in [0.3, 0.4) is 0 Å². The van der Waals surface area contributed by atoms with Crippen LogP contribution in [-0.4, -0.2) is 8.07 Å². The van der Waals surface area contributed by atoms with E-state index in [1.807, 2.05) is 0 Å². The summed E-state index contributed by atoms with van der Waals surface area (Å²) in [4.78, 5) is 0. The SMILES string of the molecule is C[Si](C)(C)C#Cc1cccc(-c2ccccc2)c1-c1ccccc1. The van der Waals surface area contributed by atoms with Gasteiger partial charge in [-0.15, -0.1) is 5.54 Å². The second-order valence-electron chi connectivity index (χ2n) is 6.96. The first-order chi connectivity index (χ1) is 11.5. The molecule has 0 heterocycles. The van der Waals surface area contributed by atoms with E-state index in [-0.39, 0.29) is 0 Å². The Hall–Kier alpha value is -2.56. The zero-order valence-electron chi connectivity index (χ0n) is 14.5. The molecule has 0 aliphatic heterocycles. The van der Waals surface area contributed by atoms with Crippen molar-refractivity contribution in [3.8, 4) is 33.7 Å². The summed E-state index contributed by atoms with van der Waals surface area (Å²) >= 11 is 0. The molecular weight excluding hydrogens is 304 g/mol. The molecule has 0 aromatic heterocycles. The van der Waals surface area contributed by atoms with E-state index in [0.29, 0.717) is 0 Å². The first-order valence-electron chi connectivity index (χ1n) is 8.32. The standard InChI is InChI=1S/C23H22Si/c1-24(2,3)18-17-21-15-10-16-22(19-11-6-4-7-12-19)23(21)20-13-8-5-9-14-20/h4-16H,1-3H3. The summed E-state index contributed by atoms with van der Waals surface area (Å²) in [6, 6.07) is 27.6. The topological polar surface area (TPSA) is 0 Å². The maximum Gasteiger partial charge on any atom is 0.129 e. The van der Waals surface area contributed by atoms with E-state index in [4.69, 9.17) is 0 Å². The van der Waals surface area contributed by atoms with Gasteiger partial charge in [0.25, 0.3) is 0 Å². The quantitative estimate of drug-likeness (QED) is 0.386. The minimum absolute atomic E-state index is 1.12. The Morgan fingerprint density at radius 2 is 1.21 bits per heavy atom. The summed E-state index contributed by atoms with van der Waals surface area (Å²) in [7, 11) is -1.42. The van der Waals surface area contributed by atoms with Gasteiger partial charge >= 0.3 is 0 Å². The fraction of sp³-hybridized carbons (Fsp3) is 0.130. The molecule has 3 aromatic carbocycles. The minimum atomic E-state index is -1.42. The lowest BCUT2D eigenvalue weighted by Crippen LogP contribution is -2.16. The van der Waals surface area contributed by atoms with Crippen molar-refractivity contribution >= 4 is 8.07 Å². The van der Waals surface area contributed by atoms with Crippen molar-refractivity contribution in [1.29, 1.82) is 0 Å². The van der Waals surface area contributed by atoms with Crippen LogP contribution < -0.4 is 0 Å². The van der Waals surface area contributed by atoms with Crippen molar-refractivity contribution < 1.29 is 0 Å². The first-order valence-corrected chi connectivity index (χ1v) is 11.8. The summed E-state index contributed by atoms with van der Waals surface area (Å²) in [5, 5.41) is 0. The predicted octanol–water partition coefficient (Wildman–Crippen LogP) is 6.25. The maximum absolute atomic E-state index is 3.52. The van der Waals surface area contributed by atoms with Crippen molar-refractivity contribution in [3.63, 3.8) is 0 Å². The molecule has 24 heavy (non-hydrogen) atoms. The fourth-order valence-electron chi connectivity index (χ4n) is 2.69. The Morgan fingerprint density at radius 3 is 1.79 bits per heavy atom. The average molecular weight is 327 g/mol. The third-order valence-electron chi connectivity index (χ3n) is 3.78. The summed E-state index contributed by atoms with van der Waals surface area (Å²) < 4.78 is 0. The van der Waals surface area contributed by atoms with Crippen molar-refractivity contribution in [3.05, 3.63) is 84.4 Å². The molecule has 0 spiro atoms. The number of rotatable bonds is 2. The largest absolute Gasteiger partial charge is 0.129 e. The zero-order chi connectivity index (χ0) is 17.0. The number of hydrogen-bond donors (Lipinski definition) is 0. The van der Waals surface area contributed by atoms with E-state index in [0.717, 1.165) is 5.56 Å². The summed E-state index contributed by atoms with van der Waals surface area (Å²) in [5.74, 6) is 3.47. The van der Waals surface area contributed by atoms with Crippen molar-refractivity contribution in [2.45, 2.75) is 19.6 Å². The van der Waals surface area contributed by atoms with Crippen LogP contribution in [0.5, 0.6) is 0 Å². The van der Waals surface area contributed by atoms with E-state index < -0.39 is 8.07 Å². The van der Waals surface area contributed by atoms with Gasteiger partial charge in [-0.1, -0.05) is 98.4 Å². The van der Waals surface area contributed by atoms with Crippen LogP contribution >= 0.6 is 0 Å². The maximum atomic E-state index is 3.52. The van der Waals surface area contributed by atoms with Gasteiger partial charge in [-0.05, 0) is 22.8 Å². The first kappa shape index (κ1) is 16.3. The van der Waals surface area contributed by atoms with Gasteiger partial charge in [0.1, 0.15) is 8.07 Å². The Kier molecular flexibility index (Phi) is 4.69. The monoisotopic (exact) mass is 326 g/mol. The zero-order valence-corrected chi connectivity index (χ0v) is 15.5. The number of benzene rings is 3. The third kappa shape index (κ3) is 3.85. The lowest BCUT2D eigenvalue weighted by Gasteiger charge is -2.13. The molecule has 0 unspecified atom stereocenters. The molecule has 0 amide bonds. The Labute approximate surface area is 146 Å². The van der Waals surface area contributed by atoms with Gasteiger partial charge in [-0.2, -0.15) is 0 Å². The molecule has 0 nitrogen and oxygen atoms in total. The molecule has 0 atom stereocenters. The van der Waals surface area contributed by atoms with E-state index in [9.17, 15) is 0 Å². The molecule has 0 fully saturated rings. The molecule has 0 saturated heterocycles. The molecule has 3 rings (SSSR count). The molecule has 118 valence electrons. The fourth-order valence-corrected chi connectivity index (χ4v) is 3.20. The smallest absolute Gasteiger partial charge is 0.127 e. The molecular formula is C23H22Si. The van der Waals surface area contributed by atoms with Crippen LogP contribution in [0.1, 0.15) is 5.56 Å². The summed E-state index contributed by atoms with van der Waals surface area (Å²) in [6.07, 6.45) is 0. The minimum Gasteiger partial charge on any atom is -0.127 e. The predicted molar refractivity (Wildman–Crippen MR) is 108 cm³/mol. The Balaban J connectivity index is 2.25. The molecule has 3 aromatic rings. The average Bonchev–Trinajstić information content (AvgIpc) is 2.60. The highest BCUT2D eigenvalue weighted by Gasteiger charge is 2.12. The van der Waals surface area contributed by atoms with Gasteiger partial charge in [-0.3, -0.25) is 0 Å². The van der Waals surface area contributed by atoms with Crippen LogP contribution in [0, 0.1) is 11.5 Å². The molecule has 1 heteroatoms. The summed E-state index contributed by atoms with van der Waals surface area (Å²) in [6.45, 7) is 6.84. The molecule has 0 radical (unpaired) electrons. The van der Waals surface area contributed by atoms with Crippen LogP contribution in [0.4, 0.5) is 0 Å². The lowest BCUT2D eigenvalue weighted by molar-refractivity contribution is 1.55. The number of hydrogen-bond acceptors (Lipinski definition) is 0. The molecule has 0 saturated carbocycles. The van der Waals surface area contributed by atoms with Gasteiger partial charge < -0.3 is 0 Å². The van der Waals surface area contributed by atoms with E-state index in [2.05, 4.69) is 110 Å². The highest BCUT2D eigenvalue weighted by molar-refractivity contribution is 6.83. The molecule has 0 N–H and O–H groups in total. The van der Waals surface area contributed by atoms with Crippen LogP contribution in [-0.2, 0) is 0 Å². The van der Waals surface area contributed by atoms with E-state index in [1.165, 1.54) is 22.3 Å². The van der Waals surface area contributed by atoms with Gasteiger partial charge in [-0.25, -0.2) is 0 Å². The van der Waals surface area contributed by atoms with Crippen molar-refractivity contribution in [2.75, 3.05) is 0 Å². The Morgan fingerprint density at radius 1 is 0.625 bits per heavy atom. The highest BCUT2D eigenvalue weighted by Crippen LogP contribution is 2.34. The van der Waals surface area contributed by atoms with Gasteiger partial charge in [0.2, 0.25) is 0 Å². The van der Waals surface area contributed by atoms with E-state index >= 15 is 0 Å². The van der Waals surface area contributed by atoms with E-state index in [1.54, 1.807) is 0 Å². The second-order valence-corrected chi connectivity index (χ2v) is 11.7. The van der Waals surface area contributed by atoms with Gasteiger partial charge in [0.15, 0.2) is 0 Å². The van der Waals surface area contributed by atoms with Crippen LogP contribution in [0.15, 0.2) is 78.9 Å². The molecule has 0 aliphatic carbocycles. The lowest BCUT2D eigenvalue weighted by atomic mass is 9.91. The van der Waals surface area contributed by atoms with Crippen LogP contribution in [0.2, 0.25) is 19.6 Å². The van der Waals surface area contributed by atoms with Gasteiger partial charge in [0.05, 0.1) is 0 Å². The van der Waals surface area contributed by atoms with Gasteiger partial charge in [0, 0.05) is 11.1 Å². The molecule has 0 aliphatic rings. The van der Waals surface area contributed by atoms with Crippen molar-refractivity contribution in [1.82, 2.24) is 0 Å². The normalized spacial score (nSPS) is 10.8.